The molecule has 0 saturated carbocycles. The Morgan fingerprint density at radius 2 is 0.957 bits per heavy atom. The van der Waals surface area contributed by atoms with Crippen molar-refractivity contribution in [3.8, 4) is 11.5 Å². The van der Waals surface area contributed by atoms with E-state index in [1.54, 1.807) is 24.5 Å². The molecule has 114 valence electrons. The van der Waals surface area contributed by atoms with Gasteiger partial charge in [0.25, 0.3) is 0 Å². The maximum Gasteiger partial charge on any atom is 2.00 e. The molecule has 0 aliphatic heterocycles. The first-order chi connectivity index (χ1) is 10.8. The topological polar surface area (TPSA) is 71.9 Å². The molecule has 0 radical (unpaired) electrons. The monoisotopic (exact) mass is 344 g/mol. The summed E-state index contributed by atoms with van der Waals surface area (Å²) in [5.74, 6) is -0.0220. The summed E-state index contributed by atoms with van der Waals surface area (Å²) < 4.78 is 0. The van der Waals surface area contributed by atoms with Gasteiger partial charge in [-0.1, -0.05) is 60.0 Å². The minimum atomic E-state index is -0.0110. The first-order valence-electron chi connectivity index (χ1n) is 6.77. The van der Waals surface area contributed by atoms with E-state index in [9.17, 15) is 10.2 Å². The van der Waals surface area contributed by atoms with Gasteiger partial charge in [0.1, 0.15) is 0 Å². The summed E-state index contributed by atoms with van der Waals surface area (Å²) in [5.41, 5.74) is 1.10. The van der Waals surface area contributed by atoms with E-state index in [1.165, 1.54) is 12.1 Å². The predicted molar refractivity (Wildman–Crippen MR) is 82.4 cm³/mol. The normalized spacial score (nSPS) is 9.74. The third-order valence-corrected chi connectivity index (χ3v) is 3.19. The molecule has 0 atom stereocenters. The second kappa shape index (κ2) is 7.58. The van der Waals surface area contributed by atoms with Crippen molar-refractivity contribution in [1.82, 2.24) is 9.97 Å². The Hall–Kier alpha value is -2.62. The zero-order chi connectivity index (χ0) is 15.4. The maximum absolute atomic E-state index is 11.1. The van der Waals surface area contributed by atoms with Gasteiger partial charge in [-0.05, 0) is 22.9 Å². The second-order valence-corrected chi connectivity index (χ2v) is 4.66. The Balaban J connectivity index is 0.000000160. The molecule has 4 aromatic rings. The van der Waals surface area contributed by atoms with Crippen LogP contribution in [0.25, 0.3) is 21.8 Å². The zero-order valence-electron chi connectivity index (χ0n) is 12.0. The summed E-state index contributed by atoms with van der Waals surface area (Å²) in [6.07, 6.45) is 3.26. The molecule has 4 rings (SSSR count). The molecule has 5 heteroatoms. The quantitative estimate of drug-likeness (QED) is 0.460. The number of fused-ring (bicyclic) bond motifs is 2. The molecule has 4 nitrogen and oxygen atoms in total. The van der Waals surface area contributed by atoms with Crippen LogP contribution < -0.4 is 10.2 Å². The fraction of sp³-hybridized carbons (Fsp3) is 0. The molecule has 0 N–H and O–H groups in total. The summed E-state index contributed by atoms with van der Waals surface area (Å²) in [5, 5.41) is 24.0. The van der Waals surface area contributed by atoms with Gasteiger partial charge in [0.2, 0.25) is 0 Å². The van der Waals surface area contributed by atoms with Crippen molar-refractivity contribution in [2.45, 2.75) is 0 Å². The number of aromatic nitrogens is 2. The summed E-state index contributed by atoms with van der Waals surface area (Å²) >= 11 is 0. The average molecular weight is 344 g/mol. The van der Waals surface area contributed by atoms with Gasteiger partial charge < -0.3 is 10.2 Å². The number of rotatable bonds is 0. The van der Waals surface area contributed by atoms with Crippen molar-refractivity contribution in [1.29, 1.82) is 0 Å². The average Bonchev–Trinajstić information content (AvgIpc) is 2.57. The van der Waals surface area contributed by atoms with Crippen molar-refractivity contribution in [2.24, 2.45) is 0 Å². The summed E-state index contributed by atoms with van der Waals surface area (Å²) in [6.45, 7) is 0. The largest absolute Gasteiger partial charge is 2.00 e. The van der Waals surface area contributed by atoms with E-state index in [0.29, 0.717) is 11.0 Å². The van der Waals surface area contributed by atoms with Gasteiger partial charge in [-0.25, -0.2) is 0 Å². The van der Waals surface area contributed by atoms with Crippen molar-refractivity contribution in [3.63, 3.8) is 0 Å². The maximum atomic E-state index is 11.1. The van der Waals surface area contributed by atoms with Crippen LogP contribution in [0.3, 0.4) is 0 Å². The number of pyridine rings is 2. The van der Waals surface area contributed by atoms with Gasteiger partial charge in [0.15, 0.2) is 0 Å². The Labute approximate surface area is 143 Å². The third-order valence-electron chi connectivity index (χ3n) is 3.19. The van der Waals surface area contributed by atoms with Crippen molar-refractivity contribution < 1.29 is 27.3 Å². The molecule has 0 fully saturated rings. The van der Waals surface area contributed by atoms with Crippen LogP contribution in [0.2, 0.25) is 0 Å². The van der Waals surface area contributed by atoms with Crippen molar-refractivity contribution in [3.05, 3.63) is 73.1 Å². The zero-order valence-corrected chi connectivity index (χ0v) is 13.1. The van der Waals surface area contributed by atoms with Crippen molar-refractivity contribution in [2.75, 3.05) is 0 Å². The Morgan fingerprint density at radius 1 is 0.565 bits per heavy atom. The molecule has 0 spiro atoms. The van der Waals surface area contributed by atoms with Crippen LogP contribution in [0.4, 0.5) is 0 Å². The molecule has 0 bridgehead atoms. The van der Waals surface area contributed by atoms with Crippen molar-refractivity contribution >= 4 is 21.8 Å². The molecule has 0 unspecified atom stereocenters. The van der Waals surface area contributed by atoms with Gasteiger partial charge >= 0.3 is 17.1 Å². The summed E-state index contributed by atoms with van der Waals surface area (Å²) in [7, 11) is 0. The Bertz CT molecular complexity index is 841. The number of benzene rings is 2. The first-order valence-corrected chi connectivity index (χ1v) is 6.77. The molecule has 2 heterocycles. The molecule has 23 heavy (non-hydrogen) atoms. The molecular formula is C18H12FeN2O2. The molecule has 2 aromatic heterocycles. The van der Waals surface area contributed by atoms with E-state index in [1.807, 2.05) is 36.4 Å². The fourth-order valence-electron chi connectivity index (χ4n) is 2.15. The van der Waals surface area contributed by atoms with Crippen LogP contribution in [-0.4, -0.2) is 9.97 Å². The van der Waals surface area contributed by atoms with E-state index in [4.69, 9.17) is 0 Å². The number of para-hydroxylation sites is 2. The van der Waals surface area contributed by atoms with Crippen LogP contribution >= 0.6 is 0 Å². The predicted octanol–water partition coefficient (Wildman–Crippen LogP) is 2.61. The van der Waals surface area contributed by atoms with Crippen LogP contribution in [-0.2, 0) is 17.1 Å². The van der Waals surface area contributed by atoms with Crippen LogP contribution in [0.1, 0.15) is 0 Å². The van der Waals surface area contributed by atoms with Crippen LogP contribution in [0.15, 0.2) is 73.1 Å². The van der Waals surface area contributed by atoms with E-state index >= 15 is 0 Å². The molecule has 0 amide bonds. The second-order valence-electron chi connectivity index (χ2n) is 4.66. The van der Waals surface area contributed by atoms with Gasteiger partial charge in [-0.15, -0.1) is 0 Å². The van der Waals surface area contributed by atoms with Gasteiger partial charge in [-0.2, -0.15) is 0 Å². The summed E-state index contributed by atoms with van der Waals surface area (Å²) in [4.78, 5) is 7.94. The van der Waals surface area contributed by atoms with Gasteiger partial charge in [0, 0.05) is 12.4 Å². The minimum Gasteiger partial charge on any atom is -0.871 e. The van der Waals surface area contributed by atoms with E-state index < -0.39 is 0 Å². The molecule has 0 aliphatic rings. The smallest absolute Gasteiger partial charge is 0.871 e. The number of hydrogen-bond donors (Lipinski definition) is 0. The van der Waals surface area contributed by atoms with E-state index in [-0.39, 0.29) is 28.6 Å². The number of hydrogen-bond acceptors (Lipinski definition) is 4. The Kier molecular flexibility index (Phi) is 5.52. The molecule has 0 aliphatic carbocycles. The van der Waals surface area contributed by atoms with Crippen LogP contribution in [0.5, 0.6) is 11.5 Å². The van der Waals surface area contributed by atoms with Gasteiger partial charge in [0.05, 0.1) is 11.0 Å². The van der Waals surface area contributed by atoms with Gasteiger partial charge in [-0.3, -0.25) is 9.97 Å². The van der Waals surface area contributed by atoms with E-state index in [2.05, 4.69) is 9.97 Å². The molecule has 0 saturated heterocycles. The fourth-order valence-corrected chi connectivity index (χ4v) is 2.15. The van der Waals surface area contributed by atoms with E-state index in [0.717, 1.165) is 10.8 Å². The summed E-state index contributed by atoms with van der Waals surface area (Å²) in [6, 6.07) is 17.7. The SMILES string of the molecule is [Fe+2].[O-]c1cccc2cccnc12.[O-]c1cccc2cccnc12. The molecule has 2 aromatic carbocycles. The Morgan fingerprint density at radius 3 is 1.35 bits per heavy atom. The number of nitrogens with zero attached hydrogens (tertiary/aromatic N) is 2. The first kappa shape index (κ1) is 16.7. The van der Waals surface area contributed by atoms with Crippen LogP contribution in [0, 0.1) is 0 Å². The molecular weight excluding hydrogens is 332 g/mol. The standard InChI is InChI=1S/2C9H7NO.Fe/c2*11-8-5-1-3-7-4-2-6-10-9(7)8;/h2*1-6,11H;/q;;+2/p-2. The third kappa shape index (κ3) is 3.77. The minimum absolute atomic E-state index is 0.